The Bertz CT molecular complexity index is 676. The molecule has 136 valence electrons. The molecule has 3 N–H and O–H groups in total. The minimum atomic E-state index is -0.239. The predicted molar refractivity (Wildman–Crippen MR) is 94.5 cm³/mol. The summed E-state index contributed by atoms with van der Waals surface area (Å²) in [7, 11) is 0. The van der Waals surface area contributed by atoms with Crippen molar-refractivity contribution in [1.29, 1.82) is 0 Å². The number of carbonyl (C=O) groups is 1. The molecule has 2 rings (SSSR count). The summed E-state index contributed by atoms with van der Waals surface area (Å²) in [5.41, 5.74) is 0.920. The van der Waals surface area contributed by atoms with Crippen LogP contribution in [-0.2, 0) is 6.54 Å². The molecule has 0 fully saturated rings. The molecule has 8 nitrogen and oxygen atoms in total. The second kappa shape index (κ2) is 9.51. The largest absolute Gasteiger partial charge is 0.459 e. The fraction of sp³-hybridized carbons (Fsp3) is 0.471. The van der Waals surface area contributed by atoms with Crippen LogP contribution in [0.15, 0.2) is 38.4 Å². The maximum atomic E-state index is 11.7. The normalized spacial score (nSPS) is 11.6. The number of carbonyl (C=O) groups excluding carboxylic acids is 1. The molecule has 0 unspecified atom stereocenters. The third kappa shape index (κ3) is 5.98. The van der Waals surface area contributed by atoms with E-state index in [1.54, 1.807) is 12.1 Å². The van der Waals surface area contributed by atoms with Crippen LogP contribution in [0.2, 0.25) is 0 Å². The molecule has 0 saturated carbocycles. The number of hydrogen-bond acceptors (Lipinski definition) is 5. The maximum Gasteiger partial charge on any atom is 0.287 e. The lowest BCUT2D eigenvalue weighted by molar-refractivity contribution is 0.0926. The molecule has 2 aromatic heterocycles. The second-order valence-electron chi connectivity index (χ2n) is 5.73. The van der Waals surface area contributed by atoms with Crippen LogP contribution in [0.1, 0.15) is 48.7 Å². The number of amides is 1. The average molecular weight is 347 g/mol. The molecular formula is C17H25N5O3. The zero-order valence-corrected chi connectivity index (χ0v) is 14.8. The maximum absolute atomic E-state index is 11.7. The minimum absolute atomic E-state index is 0.239. The van der Waals surface area contributed by atoms with E-state index in [1.807, 2.05) is 13.0 Å². The molecule has 2 aromatic rings. The molecule has 1 amide bonds. The Balaban J connectivity index is 1.78. The predicted octanol–water partition coefficient (Wildman–Crippen LogP) is 1.88. The average Bonchev–Trinajstić information content (AvgIpc) is 3.27. The van der Waals surface area contributed by atoms with Gasteiger partial charge in [0, 0.05) is 25.7 Å². The van der Waals surface area contributed by atoms with Crippen LogP contribution >= 0.6 is 0 Å². The lowest BCUT2D eigenvalue weighted by atomic mass is 10.1. The van der Waals surface area contributed by atoms with E-state index in [4.69, 9.17) is 8.94 Å². The van der Waals surface area contributed by atoms with Gasteiger partial charge in [-0.2, -0.15) is 0 Å². The van der Waals surface area contributed by atoms with E-state index in [-0.39, 0.29) is 5.91 Å². The standard InChI is InChI=1S/C17H25N5O3/c1-4-18-17(21-11-13-10-14(12(2)3)22-25-13)20-8-7-19-16(23)15-6-5-9-24-15/h5-6,9-10,12H,4,7-8,11H2,1-3H3,(H,19,23)(H2,18,20,21). The molecule has 0 radical (unpaired) electrons. The van der Waals surface area contributed by atoms with Crippen LogP contribution in [0.5, 0.6) is 0 Å². The summed E-state index contributed by atoms with van der Waals surface area (Å²) in [6, 6.07) is 5.22. The highest BCUT2D eigenvalue weighted by molar-refractivity contribution is 5.91. The molecule has 0 aromatic carbocycles. The minimum Gasteiger partial charge on any atom is -0.459 e. The van der Waals surface area contributed by atoms with Crippen LogP contribution in [0.25, 0.3) is 0 Å². The van der Waals surface area contributed by atoms with Gasteiger partial charge in [0.05, 0.1) is 12.0 Å². The summed E-state index contributed by atoms with van der Waals surface area (Å²) in [4.78, 5) is 16.2. The number of rotatable bonds is 8. The van der Waals surface area contributed by atoms with Crippen LogP contribution in [-0.4, -0.2) is 36.7 Å². The van der Waals surface area contributed by atoms with E-state index in [0.29, 0.717) is 43.0 Å². The van der Waals surface area contributed by atoms with E-state index in [2.05, 4.69) is 39.9 Å². The van der Waals surface area contributed by atoms with Crippen molar-refractivity contribution in [2.24, 2.45) is 4.99 Å². The van der Waals surface area contributed by atoms with Gasteiger partial charge >= 0.3 is 0 Å². The van der Waals surface area contributed by atoms with Gasteiger partial charge in [-0.05, 0) is 25.0 Å². The van der Waals surface area contributed by atoms with Crippen molar-refractivity contribution < 1.29 is 13.7 Å². The van der Waals surface area contributed by atoms with E-state index in [1.165, 1.54) is 6.26 Å². The SMILES string of the molecule is CCNC(=NCc1cc(C(C)C)no1)NCCNC(=O)c1ccco1. The van der Waals surface area contributed by atoms with Gasteiger partial charge in [0.25, 0.3) is 5.91 Å². The van der Waals surface area contributed by atoms with Crippen molar-refractivity contribution in [2.75, 3.05) is 19.6 Å². The molecule has 2 heterocycles. The fourth-order valence-corrected chi connectivity index (χ4v) is 2.03. The quantitative estimate of drug-likeness (QED) is 0.382. The number of aliphatic imine (C=N–C) groups is 1. The van der Waals surface area contributed by atoms with Crippen LogP contribution in [0, 0.1) is 0 Å². The number of nitrogens with zero attached hydrogens (tertiary/aromatic N) is 2. The number of hydrogen-bond donors (Lipinski definition) is 3. The lowest BCUT2D eigenvalue weighted by Gasteiger charge is -2.11. The Morgan fingerprint density at radius 1 is 1.28 bits per heavy atom. The molecule has 25 heavy (non-hydrogen) atoms. The van der Waals surface area contributed by atoms with Gasteiger partial charge in [0.1, 0.15) is 6.54 Å². The molecule has 0 bridgehead atoms. The highest BCUT2D eigenvalue weighted by atomic mass is 16.5. The Morgan fingerprint density at radius 3 is 2.72 bits per heavy atom. The molecule has 0 saturated heterocycles. The molecule has 8 heteroatoms. The van der Waals surface area contributed by atoms with Crippen molar-refractivity contribution >= 4 is 11.9 Å². The van der Waals surface area contributed by atoms with Gasteiger partial charge in [0.2, 0.25) is 0 Å². The van der Waals surface area contributed by atoms with Gasteiger partial charge in [-0.15, -0.1) is 0 Å². The van der Waals surface area contributed by atoms with E-state index < -0.39 is 0 Å². The first kappa shape index (κ1) is 18.6. The Hall–Kier alpha value is -2.77. The Labute approximate surface area is 147 Å². The number of nitrogens with one attached hydrogen (secondary N) is 3. The van der Waals surface area contributed by atoms with Gasteiger partial charge in [0.15, 0.2) is 17.5 Å². The molecule has 0 aliphatic carbocycles. The van der Waals surface area contributed by atoms with Crippen LogP contribution in [0.4, 0.5) is 0 Å². The first-order valence-corrected chi connectivity index (χ1v) is 8.39. The summed E-state index contributed by atoms with van der Waals surface area (Å²) in [5.74, 6) is 1.75. The lowest BCUT2D eigenvalue weighted by Crippen LogP contribution is -2.41. The first-order valence-electron chi connectivity index (χ1n) is 8.39. The molecule has 0 aliphatic heterocycles. The van der Waals surface area contributed by atoms with Crippen molar-refractivity contribution in [3.8, 4) is 0 Å². The topological polar surface area (TPSA) is 105 Å². The molecule has 0 aliphatic rings. The zero-order chi connectivity index (χ0) is 18.1. The van der Waals surface area contributed by atoms with Crippen molar-refractivity contribution in [2.45, 2.75) is 33.2 Å². The number of guanidine groups is 1. The monoisotopic (exact) mass is 347 g/mol. The fourth-order valence-electron chi connectivity index (χ4n) is 2.03. The summed E-state index contributed by atoms with van der Waals surface area (Å²) >= 11 is 0. The zero-order valence-electron chi connectivity index (χ0n) is 14.8. The molecular weight excluding hydrogens is 322 g/mol. The Kier molecular flexibility index (Phi) is 7.06. The van der Waals surface area contributed by atoms with Gasteiger partial charge < -0.3 is 24.9 Å². The smallest absolute Gasteiger partial charge is 0.287 e. The Morgan fingerprint density at radius 2 is 2.08 bits per heavy atom. The summed E-state index contributed by atoms with van der Waals surface area (Å²) < 4.78 is 10.3. The van der Waals surface area contributed by atoms with Gasteiger partial charge in [-0.25, -0.2) is 4.99 Å². The first-order chi connectivity index (χ1) is 12.1. The van der Waals surface area contributed by atoms with Crippen LogP contribution < -0.4 is 16.0 Å². The number of aromatic nitrogens is 1. The van der Waals surface area contributed by atoms with Crippen molar-refractivity contribution in [1.82, 2.24) is 21.1 Å². The molecule has 0 spiro atoms. The van der Waals surface area contributed by atoms with E-state index in [9.17, 15) is 4.79 Å². The van der Waals surface area contributed by atoms with E-state index >= 15 is 0 Å². The van der Waals surface area contributed by atoms with Crippen molar-refractivity contribution in [3.05, 3.63) is 41.7 Å². The van der Waals surface area contributed by atoms with Gasteiger partial charge in [-0.3, -0.25) is 4.79 Å². The summed E-state index contributed by atoms with van der Waals surface area (Å²) in [6.45, 7) is 8.23. The van der Waals surface area contributed by atoms with Crippen LogP contribution in [0.3, 0.4) is 0 Å². The number of furan rings is 1. The third-order valence-corrected chi connectivity index (χ3v) is 3.35. The van der Waals surface area contributed by atoms with Gasteiger partial charge in [-0.1, -0.05) is 19.0 Å². The third-order valence-electron chi connectivity index (χ3n) is 3.35. The highest BCUT2D eigenvalue weighted by Crippen LogP contribution is 2.14. The van der Waals surface area contributed by atoms with E-state index in [0.717, 1.165) is 12.2 Å². The summed E-state index contributed by atoms with van der Waals surface area (Å²) in [5, 5.41) is 13.1. The second-order valence-corrected chi connectivity index (χ2v) is 5.73. The highest BCUT2D eigenvalue weighted by Gasteiger charge is 2.08. The molecule has 0 atom stereocenters. The summed E-state index contributed by atoms with van der Waals surface area (Å²) in [6.07, 6.45) is 1.47. The van der Waals surface area contributed by atoms with Crippen molar-refractivity contribution in [3.63, 3.8) is 0 Å².